The van der Waals surface area contributed by atoms with Crippen LogP contribution in [0.2, 0.25) is 0 Å². The summed E-state index contributed by atoms with van der Waals surface area (Å²) in [5.74, 6) is 0.563. The van der Waals surface area contributed by atoms with Crippen molar-refractivity contribution in [2.45, 2.75) is 25.7 Å². The maximum Gasteiger partial charge on any atom is 0.219 e. The van der Waals surface area contributed by atoms with E-state index in [0.717, 1.165) is 25.8 Å². The average molecular weight is 223 g/mol. The van der Waals surface area contributed by atoms with Crippen LogP contribution in [0.25, 0.3) is 0 Å². The van der Waals surface area contributed by atoms with Crippen LogP contribution < -0.4 is 5.32 Å². The van der Waals surface area contributed by atoms with Crippen LogP contribution >= 0.6 is 0 Å². The van der Waals surface area contributed by atoms with Gasteiger partial charge in [0.05, 0.1) is 0 Å². The van der Waals surface area contributed by atoms with Crippen LogP contribution in [0.4, 0.5) is 0 Å². The van der Waals surface area contributed by atoms with E-state index in [9.17, 15) is 4.79 Å². The summed E-state index contributed by atoms with van der Waals surface area (Å²) in [5.41, 5.74) is 0. The van der Waals surface area contributed by atoms with Gasteiger partial charge < -0.3 is 15.5 Å². The molecule has 0 unspecified atom stereocenters. The molecule has 16 heavy (non-hydrogen) atoms. The maximum atomic E-state index is 10.6. The van der Waals surface area contributed by atoms with Gasteiger partial charge in [0.1, 0.15) is 11.5 Å². The van der Waals surface area contributed by atoms with Gasteiger partial charge in [-0.05, 0) is 37.1 Å². The quantitative estimate of drug-likeness (QED) is 0.587. The van der Waals surface area contributed by atoms with Crippen molar-refractivity contribution in [2.75, 3.05) is 6.54 Å². The Morgan fingerprint density at radius 3 is 2.06 bits per heavy atom. The molecule has 3 N–H and O–H groups in total. The van der Waals surface area contributed by atoms with E-state index in [0.29, 0.717) is 0 Å². The summed E-state index contributed by atoms with van der Waals surface area (Å²) in [6.45, 7) is 0.888. The van der Waals surface area contributed by atoms with Crippen LogP contribution in [0.5, 0.6) is 11.5 Å². The van der Waals surface area contributed by atoms with Crippen molar-refractivity contribution in [3.8, 4) is 11.5 Å². The van der Waals surface area contributed by atoms with Crippen molar-refractivity contribution in [3.05, 3.63) is 24.3 Å². The van der Waals surface area contributed by atoms with E-state index in [1.165, 1.54) is 30.7 Å². The van der Waals surface area contributed by atoms with E-state index in [4.69, 9.17) is 10.2 Å². The van der Waals surface area contributed by atoms with Gasteiger partial charge in [0.2, 0.25) is 5.91 Å². The SMILES string of the molecule is O=C1CCCCCN1.Oc1ccc(O)cc1. The second-order valence-corrected chi connectivity index (χ2v) is 3.68. The molecule has 1 aromatic rings. The highest BCUT2D eigenvalue weighted by molar-refractivity contribution is 5.75. The lowest BCUT2D eigenvalue weighted by molar-refractivity contribution is -0.120. The Balaban J connectivity index is 0.000000160. The summed E-state index contributed by atoms with van der Waals surface area (Å²) in [4.78, 5) is 10.6. The van der Waals surface area contributed by atoms with Crippen molar-refractivity contribution in [2.24, 2.45) is 0 Å². The van der Waals surface area contributed by atoms with E-state index in [1.807, 2.05) is 0 Å². The highest BCUT2D eigenvalue weighted by Crippen LogP contribution is 2.13. The van der Waals surface area contributed by atoms with E-state index < -0.39 is 0 Å². The molecular formula is C12H17NO3. The van der Waals surface area contributed by atoms with E-state index in [-0.39, 0.29) is 17.4 Å². The molecule has 1 heterocycles. The van der Waals surface area contributed by atoms with Gasteiger partial charge in [-0.3, -0.25) is 4.79 Å². The van der Waals surface area contributed by atoms with Crippen LogP contribution in [-0.4, -0.2) is 22.7 Å². The minimum absolute atomic E-state index is 0.169. The summed E-state index contributed by atoms with van der Waals surface area (Å²) in [6, 6.07) is 5.70. The van der Waals surface area contributed by atoms with Gasteiger partial charge in [-0.15, -0.1) is 0 Å². The van der Waals surface area contributed by atoms with Crippen LogP contribution in [-0.2, 0) is 4.79 Å². The van der Waals surface area contributed by atoms with Gasteiger partial charge in [-0.1, -0.05) is 6.42 Å². The molecule has 88 valence electrons. The van der Waals surface area contributed by atoms with Gasteiger partial charge in [-0.2, -0.15) is 0 Å². The molecule has 1 aromatic carbocycles. The van der Waals surface area contributed by atoms with E-state index in [2.05, 4.69) is 5.32 Å². The van der Waals surface area contributed by atoms with Crippen molar-refractivity contribution in [1.82, 2.24) is 5.32 Å². The third-order valence-electron chi connectivity index (χ3n) is 2.25. The van der Waals surface area contributed by atoms with Gasteiger partial charge in [0.25, 0.3) is 0 Å². The third kappa shape index (κ3) is 5.24. The fourth-order valence-electron chi connectivity index (χ4n) is 1.36. The summed E-state index contributed by atoms with van der Waals surface area (Å²) in [7, 11) is 0. The van der Waals surface area contributed by atoms with Crippen LogP contribution in [0.3, 0.4) is 0 Å². The summed E-state index contributed by atoms with van der Waals surface area (Å²) in [5, 5.41) is 20.1. The average Bonchev–Trinajstić information content (AvgIpc) is 2.51. The zero-order chi connectivity index (χ0) is 11.8. The number of amides is 1. The molecule has 0 aromatic heterocycles. The molecule has 0 bridgehead atoms. The zero-order valence-electron chi connectivity index (χ0n) is 9.15. The number of phenolic OH excluding ortho intramolecular Hbond substituents is 2. The normalized spacial score (nSPS) is 15.4. The van der Waals surface area contributed by atoms with Crippen LogP contribution in [0.1, 0.15) is 25.7 Å². The number of hydrogen-bond acceptors (Lipinski definition) is 3. The van der Waals surface area contributed by atoms with Crippen molar-refractivity contribution >= 4 is 5.91 Å². The number of nitrogens with one attached hydrogen (secondary N) is 1. The number of phenols is 2. The fraction of sp³-hybridized carbons (Fsp3) is 0.417. The molecule has 1 saturated heterocycles. The summed E-state index contributed by atoms with van der Waals surface area (Å²) < 4.78 is 0. The Labute approximate surface area is 94.9 Å². The molecule has 4 nitrogen and oxygen atoms in total. The molecule has 0 radical (unpaired) electrons. The lowest BCUT2D eigenvalue weighted by atomic mass is 10.2. The predicted octanol–water partition coefficient (Wildman–Crippen LogP) is 1.77. The van der Waals surface area contributed by atoms with Gasteiger partial charge in [0, 0.05) is 13.0 Å². The lowest BCUT2D eigenvalue weighted by Gasteiger charge is -1.93. The Kier molecular flexibility index (Phi) is 5.19. The molecule has 0 saturated carbocycles. The topological polar surface area (TPSA) is 69.6 Å². The molecule has 4 heteroatoms. The summed E-state index contributed by atoms with van der Waals surface area (Å²) >= 11 is 0. The first-order valence-electron chi connectivity index (χ1n) is 5.43. The predicted molar refractivity (Wildman–Crippen MR) is 61.2 cm³/mol. The number of benzene rings is 1. The molecule has 0 atom stereocenters. The monoisotopic (exact) mass is 223 g/mol. The smallest absolute Gasteiger partial charge is 0.219 e. The third-order valence-corrected chi connectivity index (χ3v) is 2.25. The van der Waals surface area contributed by atoms with E-state index in [1.54, 1.807) is 0 Å². The first-order valence-corrected chi connectivity index (χ1v) is 5.43. The minimum atomic E-state index is 0.169. The fourth-order valence-corrected chi connectivity index (χ4v) is 1.36. The largest absolute Gasteiger partial charge is 0.508 e. The van der Waals surface area contributed by atoms with E-state index >= 15 is 0 Å². The molecule has 0 spiro atoms. The Bertz CT molecular complexity index is 291. The number of carbonyl (C=O) groups excluding carboxylic acids is 1. The molecule has 2 rings (SSSR count). The molecule has 1 aliphatic rings. The Morgan fingerprint density at radius 2 is 1.50 bits per heavy atom. The first-order chi connectivity index (χ1) is 7.68. The molecule has 1 aliphatic heterocycles. The molecule has 1 fully saturated rings. The van der Waals surface area contributed by atoms with Gasteiger partial charge >= 0.3 is 0 Å². The summed E-state index contributed by atoms with van der Waals surface area (Å²) in [6.07, 6.45) is 4.18. The van der Waals surface area contributed by atoms with Crippen molar-refractivity contribution in [3.63, 3.8) is 0 Å². The minimum Gasteiger partial charge on any atom is -0.508 e. The Morgan fingerprint density at radius 1 is 0.938 bits per heavy atom. The number of hydrogen-bond donors (Lipinski definition) is 3. The van der Waals surface area contributed by atoms with Crippen molar-refractivity contribution in [1.29, 1.82) is 0 Å². The number of carbonyl (C=O) groups is 1. The van der Waals surface area contributed by atoms with Gasteiger partial charge in [0.15, 0.2) is 0 Å². The highest BCUT2D eigenvalue weighted by atomic mass is 16.3. The molecule has 0 aliphatic carbocycles. The lowest BCUT2D eigenvalue weighted by Crippen LogP contribution is -2.21. The second-order valence-electron chi connectivity index (χ2n) is 3.68. The van der Waals surface area contributed by atoms with Crippen LogP contribution in [0, 0.1) is 0 Å². The highest BCUT2D eigenvalue weighted by Gasteiger charge is 2.03. The van der Waals surface area contributed by atoms with Crippen LogP contribution in [0.15, 0.2) is 24.3 Å². The molecular weight excluding hydrogens is 206 g/mol. The van der Waals surface area contributed by atoms with Gasteiger partial charge in [-0.25, -0.2) is 0 Å². The standard InChI is InChI=1S/C6H11NO.C6H6O2/c8-6-4-2-1-3-5-7-6;7-5-1-2-6(8)4-3-5/h1-5H2,(H,7,8);1-4,7-8H. The number of rotatable bonds is 0. The first kappa shape index (κ1) is 12.4. The maximum absolute atomic E-state index is 10.6. The Hall–Kier alpha value is -1.71. The zero-order valence-corrected chi connectivity index (χ0v) is 9.15. The second kappa shape index (κ2) is 6.71. The van der Waals surface area contributed by atoms with Crippen molar-refractivity contribution < 1.29 is 15.0 Å². The number of aromatic hydroxyl groups is 2. The molecule has 1 amide bonds.